The third-order valence-electron chi connectivity index (χ3n) is 1.82. The second kappa shape index (κ2) is 6.60. The molecule has 70 valence electrons. The van der Waals surface area contributed by atoms with Crippen LogP contribution >= 0.6 is 15.3 Å². The molecule has 1 aromatic carbocycles. The van der Waals surface area contributed by atoms with Crippen molar-refractivity contribution in [1.82, 2.24) is 0 Å². The molecule has 0 N–H and O–H groups in total. The van der Waals surface area contributed by atoms with E-state index in [1.54, 1.807) is 0 Å². The monoisotopic (exact) mass is 229 g/mol. The number of rotatable bonds is 5. The molecule has 0 saturated heterocycles. The smallest absolute Gasteiger partial charge is 0.0862 e. The maximum Gasteiger partial charge on any atom is 0.175 e. The fourth-order valence-corrected chi connectivity index (χ4v) is 4.34. The first-order chi connectivity index (χ1) is 6.33. The lowest BCUT2D eigenvalue weighted by Gasteiger charge is -1.96. The Balaban J connectivity index is 2.24. The zero-order valence-corrected chi connectivity index (χ0v) is 10.6. The summed E-state index contributed by atoms with van der Waals surface area (Å²) in [5.41, 5.74) is 0. The first-order valence-electron chi connectivity index (χ1n) is 4.54. The fourth-order valence-electron chi connectivity index (χ4n) is 1.04. The van der Waals surface area contributed by atoms with Crippen LogP contribution in [0, 0.1) is 0 Å². The Morgan fingerprint density at radius 3 is 2.62 bits per heavy atom. The van der Waals surface area contributed by atoms with Crippen LogP contribution in [0.4, 0.5) is 0 Å². The Morgan fingerprint density at radius 2 is 2.00 bits per heavy atom. The SMILES string of the molecule is CC[P+](=S)CCPc1ccccc1. The van der Waals surface area contributed by atoms with E-state index in [0.29, 0.717) is 0 Å². The quantitative estimate of drug-likeness (QED) is 0.699. The molecule has 3 heteroatoms. The molecule has 13 heavy (non-hydrogen) atoms. The minimum atomic E-state index is -0.0843. The van der Waals surface area contributed by atoms with Crippen LogP contribution in [-0.2, 0) is 11.8 Å². The van der Waals surface area contributed by atoms with Gasteiger partial charge in [-0.1, -0.05) is 38.9 Å². The highest BCUT2D eigenvalue weighted by Gasteiger charge is 2.04. The molecular formula is C10H15P2S+. The Kier molecular flexibility index (Phi) is 5.71. The molecule has 2 atom stereocenters. The van der Waals surface area contributed by atoms with E-state index in [2.05, 4.69) is 37.3 Å². The van der Waals surface area contributed by atoms with Gasteiger partial charge in [-0.3, -0.25) is 0 Å². The topological polar surface area (TPSA) is 0 Å². The molecule has 0 heterocycles. The fraction of sp³-hybridized carbons (Fsp3) is 0.400. The number of hydrogen-bond donors (Lipinski definition) is 0. The molecule has 2 unspecified atom stereocenters. The Bertz CT molecular complexity index is 259. The molecule has 0 nitrogen and oxygen atoms in total. The summed E-state index contributed by atoms with van der Waals surface area (Å²) < 4.78 is 0. The van der Waals surface area contributed by atoms with Crippen molar-refractivity contribution in [2.75, 3.05) is 18.5 Å². The van der Waals surface area contributed by atoms with Crippen LogP contribution in [0.1, 0.15) is 6.92 Å². The van der Waals surface area contributed by atoms with Crippen LogP contribution in [0.3, 0.4) is 0 Å². The molecule has 0 aliphatic rings. The van der Waals surface area contributed by atoms with Gasteiger partial charge >= 0.3 is 0 Å². The van der Waals surface area contributed by atoms with Gasteiger partial charge in [-0.2, -0.15) is 0 Å². The van der Waals surface area contributed by atoms with Gasteiger partial charge in [0.05, 0.1) is 0 Å². The van der Waals surface area contributed by atoms with E-state index in [1.165, 1.54) is 23.8 Å². The van der Waals surface area contributed by atoms with Gasteiger partial charge in [0, 0.05) is 6.16 Å². The van der Waals surface area contributed by atoms with Crippen molar-refractivity contribution in [3.05, 3.63) is 30.3 Å². The summed E-state index contributed by atoms with van der Waals surface area (Å²) >= 11 is 5.32. The average Bonchev–Trinajstić information content (AvgIpc) is 2.19. The van der Waals surface area contributed by atoms with Crippen molar-refractivity contribution in [2.45, 2.75) is 6.92 Å². The molecule has 0 saturated carbocycles. The molecule has 0 amide bonds. The summed E-state index contributed by atoms with van der Waals surface area (Å²) in [5.74, 6) is 0. The highest BCUT2D eigenvalue weighted by atomic mass is 32.4. The molecule has 0 aliphatic carbocycles. The molecule has 0 fully saturated rings. The van der Waals surface area contributed by atoms with Crippen LogP contribution < -0.4 is 5.30 Å². The molecule has 0 bridgehead atoms. The van der Waals surface area contributed by atoms with Gasteiger partial charge in [-0.05, 0) is 12.2 Å². The van der Waals surface area contributed by atoms with E-state index in [0.717, 1.165) is 8.58 Å². The van der Waals surface area contributed by atoms with Gasteiger partial charge in [-0.15, -0.1) is 0 Å². The summed E-state index contributed by atoms with van der Waals surface area (Å²) in [6.45, 7) is 2.11. The Hall–Kier alpha value is 0.170. The molecule has 0 aliphatic heterocycles. The Labute approximate surface area is 88.3 Å². The lowest BCUT2D eigenvalue weighted by atomic mass is 10.4. The molecule has 0 spiro atoms. The summed E-state index contributed by atoms with van der Waals surface area (Å²) in [7, 11) is 0.950. The second-order valence-electron chi connectivity index (χ2n) is 2.81. The predicted octanol–water partition coefficient (Wildman–Crippen LogP) is 2.95. The molecular weight excluding hydrogens is 214 g/mol. The number of benzene rings is 1. The minimum absolute atomic E-state index is 0.0843. The van der Waals surface area contributed by atoms with Gasteiger partial charge in [0.15, 0.2) is 18.5 Å². The largest absolute Gasteiger partial charge is 0.175 e. The van der Waals surface area contributed by atoms with Crippen molar-refractivity contribution < 1.29 is 0 Å². The Morgan fingerprint density at radius 1 is 1.31 bits per heavy atom. The van der Waals surface area contributed by atoms with E-state index in [1.807, 2.05) is 0 Å². The maximum atomic E-state index is 5.32. The van der Waals surface area contributed by atoms with Crippen molar-refractivity contribution >= 4 is 32.4 Å². The van der Waals surface area contributed by atoms with Crippen LogP contribution in [0.2, 0.25) is 0 Å². The van der Waals surface area contributed by atoms with Crippen molar-refractivity contribution in [3.8, 4) is 0 Å². The first kappa shape index (κ1) is 11.2. The van der Waals surface area contributed by atoms with Gasteiger partial charge in [-0.25, -0.2) is 0 Å². The highest BCUT2D eigenvalue weighted by molar-refractivity contribution is 8.05. The minimum Gasteiger partial charge on any atom is -0.0862 e. The van der Waals surface area contributed by atoms with Crippen molar-refractivity contribution in [3.63, 3.8) is 0 Å². The van der Waals surface area contributed by atoms with Crippen LogP contribution in [0.15, 0.2) is 30.3 Å². The van der Waals surface area contributed by atoms with Gasteiger partial charge < -0.3 is 0 Å². The van der Waals surface area contributed by atoms with Gasteiger partial charge in [0.2, 0.25) is 0 Å². The predicted molar refractivity (Wildman–Crippen MR) is 69.0 cm³/mol. The highest BCUT2D eigenvalue weighted by Crippen LogP contribution is 2.23. The zero-order chi connectivity index (χ0) is 9.52. The first-order valence-corrected chi connectivity index (χ1v) is 8.47. The number of hydrogen-bond acceptors (Lipinski definition) is 1. The van der Waals surface area contributed by atoms with Crippen LogP contribution in [0.5, 0.6) is 0 Å². The van der Waals surface area contributed by atoms with Crippen molar-refractivity contribution in [1.29, 1.82) is 0 Å². The molecule has 1 aromatic rings. The van der Waals surface area contributed by atoms with E-state index < -0.39 is 0 Å². The summed E-state index contributed by atoms with van der Waals surface area (Å²) in [5, 5.41) is 1.47. The molecule has 0 radical (unpaired) electrons. The molecule has 1 rings (SSSR count). The molecule has 0 aromatic heterocycles. The summed E-state index contributed by atoms with van der Waals surface area (Å²) in [6.07, 6.45) is 3.74. The van der Waals surface area contributed by atoms with E-state index in [-0.39, 0.29) is 6.70 Å². The maximum absolute atomic E-state index is 5.32. The second-order valence-corrected chi connectivity index (χ2v) is 7.84. The van der Waals surface area contributed by atoms with E-state index >= 15 is 0 Å². The van der Waals surface area contributed by atoms with Crippen LogP contribution in [0.25, 0.3) is 0 Å². The summed E-state index contributed by atoms with van der Waals surface area (Å²) in [6, 6.07) is 10.7. The van der Waals surface area contributed by atoms with Crippen LogP contribution in [-0.4, -0.2) is 18.5 Å². The average molecular weight is 229 g/mol. The zero-order valence-electron chi connectivity index (χ0n) is 7.86. The lowest BCUT2D eigenvalue weighted by molar-refractivity contribution is 1.45. The van der Waals surface area contributed by atoms with E-state index in [9.17, 15) is 0 Å². The van der Waals surface area contributed by atoms with Gasteiger partial charge in [0.1, 0.15) is 12.3 Å². The van der Waals surface area contributed by atoms with E-state index in [4.69, 9.17) is 11.8 Å². The standard InChI is InChI=1S/C10H15P2S/c1-2-12(13)9-8-11-10-6-4-3-5-7-10/h3-7,11H,2,8-9H2,1H3/q+1. The third kappa shape index (κ3) is 4.81. The normalized spacial score (nSPS) is 12.2. The lowest BCUT2D eigenvalue weighted by Crippen LogP contribution is -1.94. The van der Waals surface area contributed by atoms with Crippen molar-refractivity contribution in [2.24, 2.45) is 0 Å². The van der Waals surface area contributed by atoms with Gasteiger partial charge in [0.25, 0.3) is 0 Å². The summed E-state index contributed by atoms with van der Waals surface area (Å²) in [4.78, 5) is 0. The third-order valence-corrected chi connectivity index (χ3v) is 6.23.